The molecule has 0 amide bonds. The van der Waals surface area contributed by atoms with Crippen LogP contribution in [0.3, 0.4) is 0 Å². The fraction of sp³-hybridized carbons (Fsp3) is 0.500. The Morgan fingerprint density at radius 2 is 2.20 bits per heavy atom. The van der Waals surface area contributed by atoms with E-state index in [1.165, 1.54) is 0 Å². The van der Waals surface area contributed by atoms with E-state index in [1.807, 2.05) is 6.07 Å². The van der Waals surface area contributed by atoms with Crippen molar-refractivity contribution in [3.8, 4) is 11.5 Å². The predicted molar refractivity (Wildman–Crippen MR) is 57.1 cm³/mol. The smallest absolute Gasteiger partial charge is 0.161 e. The van der Waals surface area contributed by atoms with Gasteiger partial charge < -0.3 is 15.9 Å². The van der Waals surface area contributed by atoms with Crippen molar-refractivity contribution in [3.63, 3.8) is 0 Å². The fourth-order valence-electron chi connectivity index (χ4n) is 3.38. The van der Waals surface area contributed by atoms with Gasteiger partial charge in [0.2, 0.25) is 0 Å². The molecule has 0 aromatic heterocycles. The van der Waals surface area contributed by atoms with Gasteiger partial charge in [-0.05, 0) is 36.8 Å². The average Bonchev–Trinajstić information content (AvgIpc) is 2.80. The average molecular weight is 205 g/mol. The van der Waals surface area contributed by atoms with Gasteiger partial charge in [-0.25, -0.2) is 0 Å². The quantitative estimate of drug-likeness (QED) is 0.610. The van der Waals surface area contributed by atoms with Crippen LogP contribution >= 0.6 is 0 Å². The molecule has 2 aliphatic rings. The molecule has 1 fully saturated rings. The van der Waals surface area contributed by atoms with Gasteiger partial charge in [0.05, 0.1) is 0 Å². The van der Waals surface area contributed by atoms with Crippen LogP contribution in [0.1, 0.15) is 36.3 Å². The van der Waals surface area contributed by atoms with Crippen LogP contribution in [0, 0.1) is 0 Å². The topological polar surface area (TPSA) is 66.5 Å². The predicted octanol–water partition coefficient (Wildman–Crippen LogP) is 1.58. The molecule has 3 rings (SSSR count). The summed E-state index contributed by atoms with van der Waals surface area (Å²) in [5.41, 5.74) is 8.05. The zero-order valence-corrected chi connectivity index (χ0v) is 8.53. The van der Waals surface area contributed by atoms with E-state index in [2.05, 4.69) is 0 Å². The Kier molecular flexibility index (Phi) is 1.61. The van der Waals surface area contributed by atoms with E-state index < -0.39 is 0 Å². The van der Waals surface area contributed by atoms with Crippen LogP contribution in [0.4, 0.5) is 0 Å². The van der Waals surface area contributed by atoms with Gasteiger partial charge in [0.15, 0.2) is 11.5 Å². The molecule has 2 aliphatic carbocycles. The highest BCUT2D eigenvalue weighted by molar-refractivity contribution is 5.58. The van der Waals surface area contributed by atoms with E-state index in [4.69, 9.17) is 5.73 Å². The Hall–Kier alpha value is -1.22. The third-order valence-electron chi connectivity index (χ3n) is 4.17. The first-order valence-corrected chi connectivity index (χ1v) is 5.43. The van der Waals surface area contributed by atoms with Crippen molar-refractivity contribution >= 4 is 0 Å². The number of fused-ring (bicyclic) bond motifs is 5. The van der Waals surface area contributed by atoms with Gasteiger partial charge in [-0.1, -0.05) is 6.07 Å². The lowest BCUT2D eigenvalue weighted by molar-refractivity contribution is 0.394. The molecule has 2 unspecified atom stereocenters. The molecular weight excluding hydrogens is 190 g/mol. The normalized spacial score (nSPS) is 31.9. The number of phenols is 2. The monoisotopic (exact) mass is 205 g/mol. The van der Waals surface area contributed by atoms with Crippen molar-refractivity contribution in [2.45, 2.75) is 30.6 Å². The van der Waals surface area contributed by atoms with Crippen molar-refractivity contribution in [1.29, 1.82) is 0 Å². The summed E-state index contributed by atoms with van der Waals surface area (Å²) in [6.07, 6.45) is 3.24. The van der Waals surface area contributed by atoms with Crippen molar-refractivity contribution in [1.82, 2.24) is 0 Å². The summed E-state index contributed by atoms with van der Waals surface area (Å²) in [5, 5.41) is 19.3. The molecule has 3 nitrogen and oxygen atoms in total. The van der Waals surface area contributed by atoms with Gasteiger partial charge in [0.25, 0.3) is 0 Å². The van der Waals surface area contributed by atoms with Crippen LogP contribution in [0.15, 0.2) is 12.1 Å². The summed E-state index contributed by atoms with van der Waals surface area (Å²) in [6, 6.07) is 3.50. The number of aromatic hydroxyl groups is 2. The summed E-state index contributed by atoms with van der Waals surface area (Å²) >= 11 is 0. The number of hydrogen-bond acceptors (Lipinski definition) is 3. The van der Waals surface area contributed by atoms with Crippen molar-refractivity contribution in [3.05, 3.63) is 23.3 Å². The Balaban J connectivity index is 2.25. The lowest BCUT2D eigenvalue weighted by atomic mass is 9.79. The maximum absolute atomic E-state index is 9.86. The molecule has 1 saturated carbocycles. The van der Waals surface area contributed by atoms with Gasteiger partial charge in [0.1, 0.15) is 0 Å². The van der Waals surface area contributed by atoms with Crippen LogP contribution < -0.4 is 5.73 Å². The van der Waals surface area contributed by atoms with Gasteiger partial charge in [-0.2, -0.15) is 0 Å². The second-order valence-corrected chi connectivity index (χ2v) is 4.82. The van der Waals surface area contributed by atoms with Gasteiger partial charge in [0, 0.05) is 17.5 Å². The molecule has 0 radical (unpaired) electrons. The minimum Gasteiger partial charge on any atom is -0.504 e. The zero-order valence-electron chi connectivity index (χ0n) is 8.53. The van der Waals surface area contributed by atoms with Gasteiger partial charge in [-0.15, -0.1) is 0 Å². The Labute approximate surface area is 88.5 Å². The summed E-state index contributed by atoms with van der Waals surface area (Å²) in [4.78, 5) is 0. The van der Waals surface area contributed by atoms with Crippen LogP contribution in [-0.2, 0) is 5.41 Å². The highest BCUT2D eigenvalue weighted by Crippen LogP contribution is 2.60. The summed E-state index contributed by atoms with van der Waals surface area (Å²) in [6.45, 7) is 0.640. The molecule has 1 aromatic rings. The second-order valence-electron chi connectivity index (χ2n) is 4.82. The molecule has 0 saturated heterocycles. The van der Waals surface area contributed by atoms with E-state index in [1.54, 1.807) is 6.07 Å². The lowest BCUT2D eigenvalue weighted by Gasteiger charge is -2.27. The van der Waals surface area contributed by atoms with Crippen LogP contribution in [0.25, 0.3) is 0 Å². The van der Waals surface area contributed by atoms with Crippen molar-refractivity contribution < 1.29 is 10.2 Å². The van der Waals surface area contributed by atoms with Gasteiger partial charge >= 0.3 is 0 Å². The summed E-state index contributed by atoms with van der Waals surface area (Å²) < 4.78 is 0. The molecule has 2 bridgehead atoms. The van der Waals surface area contributed by atoms with Crippen LogP contribution in [0.5, 0.6) is 11.5 Å². The Bertz CT molecular complexity index is 430. The van der Waals surface area contributed by atoms with Crippen molar-refractivity contribution in [2.75, 3.05) is 6.54 Å². The third-order valence-corrected chi connectivity index (χ3v) is 4.17. The second kappa shape index (κ2) is 2.67. The van der Waals surface area contributed by atoms with E-state index in [0.29, 0.717) is 12.5 Å². The maximum atomic E-state index is 9.86. The minimum atomic E-state index is -0.00604. The first-order chi connectivity index (χ1) is 7.18. The van der Waals surface area contributed by atoms with Crippen molar-refractivity contribution in [2.24, 2.45) is 5.73 Å². The fourth-order valence-corrected chi connectivity index (χ4v) is 3.38. The summed E-state index contributed by atoms with van der Waals surface area (Å²) in [5.74, 6) is 0.469. The Morgan fingerprint density at radius 3 is 2.93 bits per heavy atom. The Morgan fingerprint density at radius 1 is 1.40 bits per heavy atom. The largest absolute Gasteiger partial charge is 0.504 e. The maximum Gasteiger partial charge on any atom is 0.161 e. The van der Waals surface area contributed by atoms with Crippen LogP contribution in [0.2, 0.25) is 0 Å². The standard InChI is InChI=1S/C12H15NO2/c13-6-12-4-3-7(5-12)10-8(12)1-2-9(14)11(10)15/h1-2,7,14-15H,3-6,13H2. The number of hydrogen-bond donors (Lipinski definition) is 3. The van der Waals surface area contributed by atoms with E-state index in [-0.39, 0.29) is 16.9 Å². The molecule has 3 heteroatoms. The number of benzene rings is 1. The molecule has 0 heterocycles. The zero-order chi connectivity index (χ0) is 10.6. The van der Waals surface area contributed by atoms with E-state index in [0.717, 1.165) is 30.4 Å². The molecule has 0 spiro atoms. The van der Waals surface area contributed by atoms with E-state index in [9.17, 15) is 10.2 Å². The third kappa shape index (κ3) is 0.939. The first-order valence-electron chi connectivity index (χ1n) is 5.43. The summed E-state index contributed by atoms with van der Waals surface area (Å²) in [7, 11) is 0. The highest BCUT2D eigenvalue weighted by atomic mass is 16.3. The molecule has 4 N–H and O–H groups in total. The number of nitrogens with two attached hydrogens (primary N) is 1. The van der Waals surface area contributed by atoms with E-state index >= 15 is 0 Å². The molecule has 80 valence electrons. The first kappa shape index (κ1) is 9.04. The minimum absolute atomic E-state index is 0.00604. The molecule has 1 aromatic carbocycles. The van der Waals surface area contributed by atoms with Gasteiger partial charge in [-0.3, -0.25) is 0 Å². The lowest BCUT2D eigenvalue weighted by Crippen LogP contribution is -2.30. The molecule has 15 heavy (non-hydrogen) atoms. The molecular formula is C12H15NO2. The van der Waals surface area contributed by atoms with Crippen LogP contribution in [-0.4, -0.2) is 16.8 Å². The number of phenolic OH excluding ortho intramolecular Hbond substituents is 2. The molecule has 2 atom stereocenters. The molecule has 0 aliphatic heterocycles. The SMILES string of the molecule is NCC12CCC(C1)c1c2ccc(O)c1O. The highest BCUT2D eigenvalue weighted by Gasteiger charge is 2.49. The number of rotatable bonds is 1.